The number of amides is 1. The third-order valence-electron chi connectivity index (χ3n) is 2.67. The molecule has 98 valence electrons. The van der Waals surface area contributed by atoms with Crippen LogP contribution in [0.25, 0.3) is 0 Å². The molecule has 5 heteroatoms. The van der Waals surface area contributed by atoms with Gasteiger partial charge in [-0.15, -0.1) is 0 Å². The van der Waals surface area contributed by atoms with Gasteiger partial charge in [0, 0.05) is 26.0 Å². The van der Waals surface area contributed by atoms with E-state index in [1.807, 2.05) is 6.07 Å². The van der Waals surface area contributed by atoms with Crippen molar-refractivity contribution in [2.24, 2.45) is 0 Å². The summed E-state index contributed by atoms with van der Waals surface area (Å²) in [6.45, 7) is 0.345. The molecule has 3 nitrogen and oxygen atoms in total. The highest BCUT2D eigenvalue weighted by Gasteiger charge is 2.19. The number of aromatic nitrogens is 1. The van der Waals surface area contributed by atoms with E-state index in [-0.39, 0.29) is 10.6 Å². The van der Waals surface area contributed by atoms with Crippen LogP contribution in [-0.2, 0) is 6.54 Å². The van der Waals surface area contributed by atoms with Gasteiger partial charge in [-0.1, -0.05) is 23.7 Å². The Morgan fingerprint density at radius 1 is 1.37 bits per heavy atom. The van der Waals surface area contributed by atoms with Crippen molar-refractivity contribution in [2.75, 3.05) is 7.05 Å². The van der Waals surface area contributed by atoms with Gasteiger partial charge < -0.3 is 4.90 Å². The molecule has 0 saturated carbocycles. The van der Waals surface area contributed by atoms with Crippen molar-refractivity contribution >= 4 is 17.5 Å². The molecule has 0 spiro atoms. The number of rotatable bonds is 3. The molecular formula is C14H12ClFN2O. The van der Waals surface area contributed by atoms with Crippen molar-refractivity contribution in [3.63, 3.8) is 0 Å². The molecule has 19 heavy (non-hydrogen) atoms. The number of halogens is 2. The average Bonchev–Trinajstić information content (AvgIpc) is 2.39. The Hall–Kier alpha value is -1.94. The molecule has 0 unspecified atom stereocenters. The fourth-order valence-corrected chi connectivity index (χ4v) is 1.97. The lowest BCUT2D eigenvalue weighted by Gasteiger charge is -2.18. The largest absolute Gasteiger partial charge is 0.337 e. The zero-order valence-electron chi connectivity index (χ0n) is 10.3. The van der Waals surface area contributed by atoms with E-state index in [4.69, 9.17) is 11.6 Å². The van der Waals surface area contributed by atoms with E-state index in [0.29, 0.717) is 6.54 Å². The van der Waals surface area contributed by atoms with E-state index in [1.165, 1.54) is 23.1 Å². The number of hydrogen-bond acceptors (Lipinski definition) is 2. The Morgan fingerprint density at radius 2 is 2.16 bits per heavy atom. The molecule has 0 bridgehead atoms. The molecule has 1 aromatic heterocycles. The lowest BCUT2D eigenvalue weighted by atomic mass is 10.1. The van der Waals surface area contributed by atoms with Crippen LogP contribution in [0.5, 0.6) is 0 Å². The Bertz CT molecular complexity index is 569. The number of hydrogen-bond donors (Lipinski definition) is 0. The van der Waals surface area contributed by atoms with Crippen molar-refractivity contribution in [2.45, 2.75) is 6.54 Å². The highest BCUT2D eigenvalue weighted by atomic mass is 35.5. The predicted molar refractivity (Wildman–Crippen MR) is 71.4 cm³/mol. The van der Waals surface area contributed by atoms with E-state index in [9.17, 15) is 9.18 Å². The van der Waals surface area contributed by atoms with Crippen LogP contribution in [0.15, 0.2) is 42.7 Å². The minimum absolute atomic E-state index is 0.101. The standard InChI is InChI=1S/C14H12ClFN2O/c1-18(9-10-4-3-7-17-8-10)14(19)13-11(15)5-2-6-12(13)16/h2-8H,9H2,1H3. The predicted octanol–water partition coefficient (Wildman–Crippen LogP) is 3.15. The van der Waals surface area contributed by atoms with Gasteiger partial charge in [-0.05, 0) is 23.8 Å². The van der Waals surface area contributed by atoms with Gasteiger partial charge in [0.05, 0.1) is 10.6 Å². The lowest BCUT2D eigenvalue weighted by molar-refractivity contribution is 0.0780. The van der Waals surface area contributed by atoms with Crippen molar-refractivity contribution < 1.29 is 9.18 Å². The monoisotopic (exact) mass is 278 g/mol. The Balaban J connectivity index is 2.20. The zero-order valence-corrected chi connectivity index (χ0v) is 11.1. The van der Waals surface area contributed by atoms with Gasteiger partial charge in [0.2, 0.25) is 0 Å². The summed E-state index contributed by atoms with van der Waals surface area (Å²) < 4.78 is 13.7. The lowest BCUT2D eigenvalue weighted by Crippen LogP contribution is -2.27. The molecular weight excluding hydrogens is 267 g/mol. The highest BCUT2D eigenvalue weighted by molar-refractivity contribution is 6.33. The van der Waals surface area contributed by atoms with Crippen LogP contribution in [-0.4, -0.2) is 22.8 Å². The summed E-state index contributed by atoms with van der Waals surface area (Å²) in [6.07, 6.45) is 3.31. The Morgan fingerprint density at radius 3 is 2.79 bits per heavy atom. The molecule has 0 N–H and O–H groups in total. The summed E-state index contributed by atoms with van der Waals surface area (Å²) in [5.41, 5.74) is 0.765. The van der Waals surface area contributed by atoms with Crippen molar-refractivity contribution in [3.05, 3.63) is 64.7 Å². The smallest absolute Gasteiger partial charge is 0.258 e. The van der Waals surface area contributed by atoms with E-state index in [0.717, 1.165) is 5.56 Å². The second kappa shape index (κ2) is 5.80. The molecule has 1 aromatic carbocycles. The first kappa shape index (κ1) is 13.5. The third kappa shape index (κ3) is 3.09. The van der Waals surface area contributed by atoms with Gasteiger partial charge >= 0.3 is 0 Å². The molecule has 0 aliphatic heterocycles. The van der Waals surface area contributed by atoms with Gasteiger partial charge in [0.25, 0.3) is 5.91 Å². The van der Waals surface area contributed by atoms with E-state index < -0.39 is 11.7 Å². The van der Waals surface area contributed by atoms with Crippen molar-refractivity contribution in [3.8, 4) is 0 Å². The Labute approximate surface area is 115 Å². The fraction of sp³-hybridized carbons (Fsp3) is 0.143. The third-order valence-corrected chi connectivity index (χ3v) is 2.98. The van der Waals surface area contributed by atoms with Crippen molar-refractivity contribution in [1.82, 2.24) is 9.88 Å². The van der Waals surface area contributed by atoms with Gasteiger partial charge in [-0.25, -0.2) is 4.39 Å². The molecule has 2 aromatic rings. The summed E-state index contributed by atoms with van der Waals surface area (Å²) in [4.78, 5) is 17.5. The minimum Gasteiger partial charge on any atom is -0.337 e. The molecule has 0 radical (unpaired) electrons. The molecule has 1 heterocycles. The quantitative estimate of drug-likeness (QED) is 0.864. The van der Waals surface area contributed by atoms with Crippen molar-refractivity contribution in [1.29, 1.82) is 0 Å². The molecule has 2 rings (SSSR count). The van der Waals surface area contributed by atoms with Crippen LogP contribution in [0.3, 0.4) is 0 Å². The average molecular weight is 279 g/mol. The number of carbonyl (C=O) groups is 1. The molecule has 0 saturated heterocycles. The maximum Gasteiger partial charge on any atom is 0.258 e. The van der Waals surface area contributed by atoms with Crippen LogP contribution in [0.4, 0.5) is 4.39 Å². The second-order valence-electron chi connectivity index (χ2n) is 4.12. The number of benzene rings is 1. The highest BCUT2D eigenvalue weighted by Crippen LogP contribution is 2.21. The first-order valence-electron chi connectivity index (χ1n) is 5.68. The van der Waals surface area contributed by atoms with Gasteiger partial charge in [0.1, 0.15) is 5.82 Å². The molecule has 0 fully saturated rings. The first-order chi connectivity index (χ1) is 9.09. The number of nitrogens with zero attached hydrogens (tertiary/aromatic N) is 2. The maximum atomic E-state index is 13.7. The molecule has 0 aliphatic rings. The van der Waals surface area contributed by atoms with E-state index in [1.54, 1.807) is 25.5 Å². The molecule has 1 amide bonds. The molecule has 0 atom stereocenters. The summed E-state index contributed by atoms with van der Waals surface area (Å²) in [6, 6.07) is 7.81. The second-order valence-corrected chi connectivity index (χ2v) is 4.53. The normalized spacial score (nSPS) is 10.3. The fourth-order valence-electron chi connectivity index (χ4n) is 1.73. The number of carbonyl (C=O) groups excluding carboxylic acids is 1. The van der Waals surface area contributed by atoms with E-state index in [2.05, 4.69) is 4.98 Å². The SMILES string of the molecule is CN(Cc1cccnc1)C(=O)c1c(F)cccc1Cl. The van der Waals surface area contributed by atoms with E-state index >= 15 is 0 Å². The van der Waals surface area contributed by atoms with Gasteiger partial charge in [0.15, 0.2) is 0 Å². The Kier molecular flexibility index (Phi) is 4.12. The van der Waals surface area contributed by atoms with Crippen LogP contribution in [0, 0.1) is 5.82 Å². The van der Waals surface area contributed by atoms with Crippen LogP contribution >= 0.6 is 11.6 Å². The van der Waals surface area contributed by atoms with Crippen LogP contribution in [0.1, 0.15) is 15.9 Å². The number of pyridine rings is 1. The topological polar surface area (TPSA) is 33.2 Å². The minimum atomic E-state index is -0.615. The first-order valence-corrected chi connectivity index (χ1v) is 6.06. The van der Waals surface area contributed by atoms with Gasteiger partial charge in [-0.2, -0.15) is 0 Å². The van der Waals surface area contributed by atoms with Gasteiger partial charge in [-0.3, -0.25) is 9.78 Å². The van der Waals surface area contributed by atoms with Crippen LogP contribution < -0.4 is 0 Å². The summed E-state index contributed by atoms with van der Waals surface area (Å²) >= 11 is 5.87. The molecule has 0 aliphatic carbocycles. The summed E-state index contributed by atoms with van der Waals surface area (Å²) in [7, 11) is 1.60. The van der Waals surface area contributed by atoms with Crippen LogP contribution in [0.2, 0.25) is 5.02 Å². The maximum absolute atomic E-state index is 13.7. The summed E-state index contributed by atoms with van der Waals surface area (Å²) in [5, 5.41) is 0.114. The zero-order chi connectivity index (χ0) is 13.8. The summed E-state index contributed by atoms with van der Waals surface area (Å²) in [5.74, 6) is -1.07.